The highest BCUT2D eigenvalue weighted by Crippen LogP contribution is 2.32. The highest BCUT2D eigenvalue weighted by Gasteiger charge is 2.26. The third-order valence-electron chi connectivity index (χ3n) is 3.53. The number of ether oxygens (including phenoxy) is 1. The molecule has 0 aliphatic heterocycles. The van der Waals surface area contributed by atoms with E-state index in [-0.39, 0.29) is 4.75 Å². The molecule has 1 aliphatic rings. The van der Waals surface area contributed by atoms with Gasteiger partial charge in [0.2, 0.25) is 0 Å². The van der Waals surface area contributed by atoms with Gasteiger partial charge < -0.3 is 10.1 Å². The number of benzene rings is 1. The summed E-state index contributed by atoms with van der Waals surface area (Å²) < 4.78 is 5.85. The summed E-state index contributed by atoms with van der Waals surface area (Å²) >= 11 is 4.82. The first kappa shape index (κ1) is 13.8. The lowest BCUT2D eigenvalue weighted by molar-refractivity contribution is 0.304. The van der Waals surface area contributed by atoms with Gasteiger partial charge >= 0.3 is 0 Å². The fourth-order valence-electron chi connectivity index (χ4n) is 2.47. The second-order valence-electron chi connectivity index (χ2n) is 5.12. The van der Waals surface area contributed by atoms with Crippen LogP contribution in [0, 0.1) is 0 Å². The van der Waals surface area contributed by atoms with Crippen LogP contribution in [0.3, 0.4) is 0 Å². The van der Waals surface area contributed by atoms with Gasteiger partial charge in [-0.2, -0.15) is 12.6 Å². The molecule has 1 aliphatic carbocycles. The van der Waals surface area contributed by atoms with Crippen LogP contribution in [0.1, 0.15) is 32.1 Å². The van der Waals surface area contributed by atoms with Crippen LogP contribution in [0.5, 0.6) is 5.75 Å². The molecule has 1 aromatic carbocycles. The van der Waals surface area contributed by atoms with Gasteiger partial charge in [0, 0.05) is 17.8 Å². The van der Waals surface area contributed by atoms with Crippen LogP contribution < -0.4 is 10.1 Å². The SMILES string of the molecule is SC1(CNCCOc2ccccc2)CCCCC1. The van der Waals surface area contributed by atoms with E-state index < -0.39 is 0 Å². The summed E-state index contributed by atoms with van der Waals surface area (Å²) in [5.74, 6) is 0.942. The van der Waals surface area contributed by atoms with Crippen LogP contribution in [0.4, 0.5) is 0 Å². The quantitative estimate of drug-likeness (QED) is 0.608. The van der Waals surface area contributed by atoms with E-state index in [2.05, 4.69) is 5.32 Å². The van der Waals surface area contributed by atoms with Crippen LogP contribution in [-0.4, -0.2) is 24.4 Å². The van der Waals surface area contributed by atoms with E-state index in [9.17, 15) is 0 Å². The van der Waals surface area contributed by atoms with Crippen molar-refractivity contribution in [3.63, 3.8) is 0 Å². The first-order valence-electron chi connectivity index (χ1n) is 6.89. The molecule has 0 saturated heterocycles. The highest BCUT2D eigenvalue weighted by atomic mass is 32.1. The zero-order valence-corrected chi connectivity index (χ0v) is 11.8. The molecule has 3 heteroatoms. The smallest absolute Gasteiger partial charge is 0.119 e. The lowest BCUT2D eigenvalue weighted by Crippen LogP contribution is -2.39. The maximum atomic E-state index is 5.64. The Balaban J connectivity index is 1.58. The van der Waals surface area contributed by atoms with Gasteiger partial charge in [-0.15, -0.1) is 0 Å². The molecule has 2 rings (SSSR count). The Morgan fingerprint density at radius 3 is 2.56 bits per heavy atom. The van der Waals surface area contributed by atoms with Crippen molar-refractivity contribution in [1.29, 1.82) is 0 Å². The number of rotatable bonds is 6. The van der Waals surface area contributed by atoms with Crippen molar-refractivity contribution in [3.05, 3.63) is 30.3 Å². The van der Waals surface area contributed by atoms with Gasteiger partial charge in [0.25, 0.3) is 0 Å². The molecule has 2 nitrogen and oxygen atoms in total. The van der Waals surface area contributed by atoms with E-state index in [1.54, 1.807) is 0 Å². The minimum atomic E-state index is 0.213. The summed E-state index contributed by atoms with van der Waals surface area (Å²) in [6, 6.07) is 9.96. The molecule has 0 amide bonds. The Morgan fingerprint density at radius 1 is 1.11 bits per heavy atom. The van der Waals surface area contributed by atoms with Crippen LogP contribution in [0.15, 0.2) is 30.3 Å². The predicted molar refractivity (Wildman–Crippen MR) is 79.6 cm³/mol. The molecule has 0 atom stereocenters. The van der Waals surface area contributed by atoms with Gasteiger partial charge in [-0.3, -0.25) is 0 Å². The maximum Gasteiger partial charge on any atom is 0.119 e. The lowest BCUT2D eigenvalue weighted by atomic mass is 9.88. The van der Waals surface area contributed by atoms with Gasteiger partial charge in [-0.1, -0.05) is 37.5 Å². The molecular formula is C15H23NOS. The van der Waals surface area contributed by atoms with E-state index in [4.69, 9.17) is 17.4 Å². The Kier molecular flexibility index (Phi) is 5.39. The Morgan fingerprint density at radius 2 is 1.83 bits per heavy atom. The van der Waals surface area contributed by atoms with Gasteiger partial charge in [-0.05, 0) is 25.0 Å². The largest absolute Gasteiger partial charge is 0.492 e. The summed E-state index contributed by atoms with van der Waals surface area (Å²) in [5, 5.41) is 3.46. The summed E-state index contributed by atoms with van der Waals surface area (Å²) in [6.07, 6.45) is 6.50. The van der Waals surface area contributed by atoms with Crippen LogP contribution in [0.2, 0.25) is 0 Å². The standard InChI is InChI=1S/C15H23NOS/c18-15(9-5-2-6-10-15)13-16-11-12-17-14-7-3-1-4-8-14/h1,3-4,7-8,16,18H,2,5-6,9-13H2. The van der Waals surface area contributed by atoms with Crippen molar-refractivity contribution in [1.82, 2.24) is 5.32 Å². The summed E-state index contributed by atoms with van der Waals surface area (Å²) in [5.41, 5.74) is 0. The second-order valence-corrected chi connectivity index (χ2v) is 6.07. The van der Waals surface area contributed by atoms with Gasteiger partial charge in [0.05, 0.1) is 0 Å². The van der Waals surface area contributed by atoms with Crippen LogP contribution in [0.25, 0.3) is 0 Å². The molecule has 0 bridgehead atoms. The normalized spacial score (nSPS) is 18.5. The summed E-state index contributed by atoms with van der Waals surface area (Å²) in [7, 11) is 0. The molecule has 0 unspecified atom stereocenters. The molecule has 1 aromatic rings. The van der Waals surface area contributed by atoms with Crippen LogP contribution >= 0.6 is 12.6 Å². The molecule has 1 saturated carbocycles. The first-order valence-corrected chi connectivity index (χ1v) is 7.34. The zero-order valence-electron chi connectivity index (χ0n) is 10.9. The number of nitrogens with one attached hydrogen (secondary N) is 1. The predicted octanol–water partition coefficient (Wildman–Crippen LogP) is 3.29. The van der Waals surface area contributed by atoms with E-state index in [1.165, 1.54) is 32.1 Å². The van der Waals surface area contributed by atoms with Gasteiger partial charge in [0.1, 0.15) is 12.4 Å². The molecule has 18 heavy (non-hydrogen) atoms. The van der Waals surface area contributed by atoms with E-state index >= 15 is 0 Å². The van der Waals surface area contributed by atoms with Crippen molar-refractivity contribution in [2.45, 2.75) is 36.9 Å². The van der Waals surface area contributed by atoms with Crippen molar-refractivity contribution >= 4 is 12.6 Å². The summed E-state index contributed by atoms with van der Waals surface area (Å²) in [6.45, 7) is 2.60. The molecule has 0 spiro atoms. The minimum Gasteiger partial charge on any atom is -0.492 e. The molecule has 0 aromatic heterocycles. The fraction of sp³-hybridized carbons (Fsp3) is 0.600. The van der Waals surface area contributed by atoms with Crippen molar-refractivity contribution in [3.8, 4) is 5.75 Å². The number of para-hydroxylation sites is 1. The van der Waals surface area contributed by atoms with Gasteiger partial charge in [-0.25, -0.2) is 0 Å². The van der Waals surface area contributed by atoms with Crippen molar-refractivity contribution in [2.75, 3.05) is 19.7 Å². The number of hydrogen-bond donors (Lipinski definition) is 2. The van der Waals surface area contributed by atoms with E-state index in [0.717, 1.165) is 18.8 Å². The van der Waals surface area contributed by atoms with E-state index in [0.29, 0.717) is 6.61 Å². The minimum absolute atomic E-state index is 0.213. The fourth-order valence-corrected chi connectivity index (χ4v) is 2.89. The lowest BCUT2D eigenvalue weighted by Gasteiger charge is -2.32. The Hall–Kier alpha value is -0.670. The molecule has 1 fully saturated rings. The van der Waals surface area contributed by atoms with Crippen molar-refractivity contribution in [2.24, 2.45) is 0 Å². The van der Waals surface area contributed by atoms with Crippen molar-refractivity contribution < 1.29 is 4.74 Å². The maximum absolute atomic E-state index is 5.64. The molecular weight excluding hydrogens is 242 g/mol. The zero-order chi connectivity index (χ0) is 12.7. The number of hydrogen-bond acceptors (Lipinski definition) is 3. The van der Waals surface area contributed by atoms with Crippen LogP contribution in [-0.2, 0) is 0 Å². The highest BCUT2D eigenvalue weighted by molar-refractivity contribution is 7.81. The molecule has 0 radical (unpaired) electrons. The molecule has 1 N–H and O–H groups in total. The molecule has 0 heterocycles. The monoisotopic (exact) mass is 265 g/mol. The topological polar surface area (TPSA) is 21.3 Å². The average Bonchev–Trinajstić information content (AvgIpc) is 2.40. The number of thiol groups is 1. The summed E-state index contributed by atoms with van der Waals surface area (Å²) in [4.78, 5) is 0. The molecule has 100 valence electrons. The third kappa shape index (κ3) is 4.54. The Labute approximate surface area is 116 Å². The third-order valence-corrected chi connectivity index (χ3v) is 4.13. The van der Waals surface area contributed by atoms with Gasteiger partial charge in [0.15, 0.2) is 0 Å². The Bertz CT molecular complexity index is 336. The average molecular weight is 265 g/mol. The van der Waals surface area contributed by atoms with E-state index in [1.807, 2.05) is 30.3 Å². The second kappa shape index (κ2) is 7.05. The first-order chi connectivity index (χ1) is 8.79.